The molecule has 0 unspecified atom stereocenters. The Hall–Kier alpha value is -7.05. The van der Waals surface area contributed by atoms with Crippen LogP contribution in [-0.4, -0.2) is 15.0 Å². The van der Waals surface area contributed by atoms with Crippen LogP contribution in [0.25, 0.3) is 111 Å². The van der Waals surface area contributed by atoms with Crippen molar-refractivity contribution in [1.82, 2.24) is 15.0 Å². The van der Waals surface area contributed by atoms with Crippen molar-refractivity contribution in [3.63, 3.8) is 0 Å². The molecule has 0 saturated carbocycles. The van der Waals surface area contributed by atoms with E-state index in [0.29, 0.717) is 23.1 Å². The van der Waals surface area contributed by atoms with Crippen molar-refractivity contribution in [3.8, 4) is 45.3 Å². The molecule has 4 aromatic heterocycles. The molecule has 0 aliphatic heterocycles. The van der Waals surface area contributed by atoms with Gasteiger partial charge in [-0.15, -0.1) is 0 Å². The van der Waals surface area contributed by atoms with Crippen molar-refractivity contribution in [2.24, 2.45) is 0 Å². The van der Waals surface area contributed by atoms with E-state index in [1.807, 2.05) is 109 Å². The number of hydrogen-bond acceptors (Lipinski definition) is 6. The Morgan fingerprint density at radius 3 is 1.61 bits per heavy atom. The summed E-state index contributed by atoms with van der Waals surface area (Å²) < 4.78 is 19.4. The first kappa shape index (κ1) is 27.9. The molecule has 4 heterocycles. The fourth-order valence-corrected chi connectivity index (χ4v) is 7.50. The molecular formula is C45H25N3O3. The second kappa shape index (κ2) is 10.7. The average Bonchev–Trinajstić information content (AvgIpc) is 3.89. The normalized spacial score (nSPS) is 11.9. The minimum atomic E-state index is 0.522. The topological polar surface area (TPSA) is 78.1 Å². The summed E-state index contributed by atoms with van der Waals surface area (Å²) in [6.45, 7) is 0. The van der Waals surface area contributed by atoms with Crippen molar-refractivity contribution >= 4 is 65.8 Å². The number of nitrogens with zero attached hydrogens (tertiary/aromatic N) is 3. The highest BCUT2D eigenvalue weighted by Gasteiger charge is 2.22. The zero-order valence-electron chi connectivity index (χ0n) is 27.0. The molecule has 238 valence electrons. The van der Waals surface area contributed by atoms with Gasteiger partial charge in [0.15, 0.2) is 17.5 Å². The summed E-state index contributed by atoms with van der Waals surface area (Å²) in [5, 5.41) is 6.14. The third-order valence-corrected chi connectivity index (χ3v) is 9.77. The molecule has 7 aromatic carbocycles. The lowest BCUT2D eigenvalue weighted by molar-refractivity contribution is 0.668. The molecule has 0 spiro atoms. The molecule has 0 fully saturated rings. The fraction of sp³-hybridized carbons (Fsp3) is 0. The Bertz CT molecular complexity index is 3150. The van der Waals surface area contributed by atoms with Crippen LogP contribution in [0.3, 0.4) is 0 Å². The summed E-state index contributed by atoms with van der Waals surface area (Å²) in [4.78, 5) is 15.3. The molecule has 0 atom stereocenters. The SMILES string of the molecule is c1ccc(-c2nc(-c3cccc4c3oc3cccc(-c5cccc6c5oc5ccccc56)c34)nc(-c3cccc4oc5ccccc5c34)n2)cc1. The van der Waals surface area contributed by atoms with Crippen molar-refractivity contribution in [1.29, 1.82) is 0 Å². The Morgan fingerprint density at radius 2 is 0.784 bits per heavy atom. The van der Waals surface area contributed by atoms with Crippen LogP contribution >= 0.6 is 0 Å². The fourth-order valence-electron chi connectivity index (χ4n) is 7.50. The van der Waals surface area contributed by atoms with E-state index in [9.17, 15) is 0 Å². The van der Waals surface area contributed by atoms with Crippen molar-refractivity contribution < 1.29 is 13.3 Å². The van der Waals surface area contributed by atoms with Crippen molar-refractivity contribution in [2.45, 2.75) is 0 Å². The molecular weight excluding hydrogens is 631 g/mol. The van der Waals surface area contributed by atoms with Crippen molar-refractivity contribution in [2.75, 3.05) is 0 Å². The quantitative estimate of drug-likeness (QED) is 0.188. The van der Waals surface area contributed by atoms with Gasteiger partial charge >= 0.3 is 0 Å². The van der Waals surface area contributed by atoms with Crippen LogP contribution in [0.15, 0.2) is 165 Å². The van der Waals surface area contributed by atoms with E-state index < -0.39 is 0 Å². The third-order valence-electron chi connectivity index (χ3n) is 9.77. The molecule has 51 heavy (non-hydrogen) atoms. The molecule has 11 aromatic rings. The molecule has 0 N–H and O–H groups in total. The molecule has 0 aliphatic carbocycles. The first-order chi connectivity index (χ1) is 25.3. The van der Waals surface area contributed by atoms with Gasteiger partial charge in [0.05, 0.1) is 5.56 Å². The Morgan fingerprint density at radius 1 is 0.294 bits per heavy atom. The molecule has 0 amide bonds. The number of para-hydroxylation sites is 4. The number of furan rings is 3. The minimum Gasteiger partial charge on any atom is -0.456 e. The van der Waals surface area contributed by atoms with Gasteiger partial charge in [-0.1, -0.05) is 121 Å². The predicted octanol–water partition coefficient (Wildman–Crippen LogP) is 12.2. The Balaban J connectivity index is 1.16. The van der Waals surface area contributed by atoms with Gasteiger partial charge < -0.3 is 13.3 Å². The van der Waals surface area contributed by atoms with Crippen LogP contribution in [0.4, 0.5) is 0 Å². The molecule has 0 bridgehead atoms. The van der Waals surface area contributed by atoms with E-state index in [4.69, 9.17) is 28.2 Å². The highest BCUT2D eigenvalue weighted by molar-refractivity contribution is 6.19. The van der Waals surface area contributed by atoms with Gasteiger partial charge in [-0.05, 0) is 35.9 Å². The summed E-state index contributed by atoms with van der Waals surface area (Å²) in [7, 11) is 0. The van der Waals surface area contributed by atoms with E-state index in [1.54, 1.807) is 0 Å². The summed E-state index contributed by atoms with van der Waals surface area (Å²) in [5.74, 6) is 1.65. The monoisotopic (exact) mass is 655 g/mol. The van der Waals surface area contributed by atoms with Gasteiger partial charge in [-0.2, -0.15) is 0 Å². The largest absolute Gasteiger partial charge is 0.456 e. The van der Waals surface area contributed by atoms with Crippen LogP contribution in [0, 0.1) is 0 Å². The second-order valence-electron chi connectivity index (χ2n) is 12.7. The summed E-state index contributed by atoms with van der Waals surface area (Å²) in [6.07, 6.45) is 0. The van der Waals surface area contributed by atoms with Crippen molar-refractivity contribution in [3.05, 3.63) is 152 Å². The lowest BCUT2D eigenvalue weighted by Crippen LogP contribution is -2.00. The minimum absolute atomic E-state index is 0.522. The second-order valence-corrected chi connectivity index (χ2v) is 12.7. The number of fused-ring (bicyclic) bond motifs is 9. The number of benzene rings is 7. The zero-order chi connectivity index (χ0) is 33.5. The van der Waals surface area contributed by atoms with Gasteiger partial charge in [-0.25, -0.2) is 15.0 Å². The van der Waals surface area contributed by atoms with Crippen LogP contribution in [-0.2, 0) is 0 Å². The lowest BCUT2D eigenvalue weighted by atomic mass is 9.97. The molecule has 6 heteroatoms. The maximum Gasteiger partial charge on any atom is 0.167 e. The summed E-state index contributed by atoms with van der Waals surface area (Å²) in [5.41, 5.74) is 9.39. The van der Waals surface area contributed by atoms with Crippen LogP contribution in [0.1, 0.15) is 0 Å². The third kappa shape index (κ3) is 4.20. The molecule has 0 aliphatic rings. The van der Waals surface area contributed by atoms with Gasteiger partial charge in [0.1, 0.15) is 33.5 Å². The summed E-state index contributed by atoms with van der Waals surface area (Å²) >= 11 is 0. The zero-order valence-corrected chi connectivity index (χ0v) is 27.0. The highest BCUT2D eigenvalue weighted by Crippen LogP contribution is 2.44. The molecule has 0 radical (unpaired) electrons. The Labute approximate surface area is 290 Å². The average molecular weight is 656 g/mol. The Kier molecular flexibility index (Phi) is 5.86. The van der Waals surface area contributed by atoms with Gasteiger partial charge in [-0.3, -0.25) is 0 Å². The predicted molar refractivity (Wildman–Crippen MR) is 203 cm³/mol. The number of rotatable bonds is 4. The van der Waals surface area contributed by atoms with Crippen LogP contribution in [0.5, 0.6) is 0 Å². The molecule has 11 rings (SSSR count). The van der Waals surface area contributed by atoms with Gasteiger partial charge in [0.2, 0.25) is 0 Å². The maximum atomic E-state index is 6.73. The van der Waals surface area contributed by atoms with E-state index >= 15 is 0 Å². The number of aromatic nitrogens is 3. The molecule has 0 saturated heterocycles. The smallest absolute Gasteiger partial charge is 0.167 e. The molecule has 6 nitrogen and oxygen atoms in total. The van der Waals surface area contributed by atoms with Crippen LogP contribution in [0.2, 0.25) is 0 Å². The lowest BCUT2D eigenvalue weighted by Gasteiger charge is -2.09. The first-order valence-corrected chi connectivity index (χ1v) is 16.9. The standard InChI is InChI=1S/C45H25N3O3/c1-2-12-26(13-3-1)43-46-44(33-20-11-24-37-40(33)31-15-5-7-23-36(31)49-37)48-45(47-43)34-21-9-19-32-39-28(16-10-25-38(39)51-42(32)34)30-18-8-17-29-27-14-4-6-22-35(27)50-41(29)30/h1-25H. The van der Waals surface area contributed by atoms with Crippen LogP contribution < -0.4 is 0 Å². The van der Waals surface area contributed by atoms with E-state index in [1.165, 1.54) is 0 Å². The number of hydrogen-bond donors (Lipinski definition) is 0. The van der Waals surface area contributed by atoms with E-state index in [-0.39, 0.29) is 0 Å². The first-order valence-electron chi connectivity index (χ1n) is 16.9. The van der Waals surface area contributed by atoms with Gasteiger partial charge in [0, 0.05) is 49.0 Å². The summed E-state index contributed by atoms with van der Waals surface area (Å²) in [6, 6.07) is 50.9. The maximum absolute atomic E-state index is 6.73. The van der Waals surface area contributed by atoms with E-state index in [2.05, 4.69) is 42.5 Å². The highest BCUT2D eigenvalue weighted by atomic mass is 16.3. The van der Waals surface area contributed by atoms with E-state index in [0.717, 1.165) is 88.0 Å². The van der Waals surface area contributed by atoms with Gasteiger partial charge in [0.25, 0.3) is 0 Å².